The first-order valence-electron chi connectivity index (χ1n) is 7.31. The minimum Gasteiger partial charge on any atom is -0.330 e. The summed E-state index contributed by atoms with van der Waals surface area (Å²) in [5.74, 6) is 0.658. The van der Waals surface area contributed by atoms with E-state index >= 15 is 0 Å². The first-order valence-corrected chi connectivity index (χ1v) is 8.13. The molecule has 1 aliphatic carbocycles. The fraction of sp³-hybridized carbons (Fsp3) is 0.733. The standard InChI is InChI=1S/C15H24N2S/c1-11-5-8-14(18-11)15-12(10-16)4-2-3-9-17(15)13-6-7-13/h5,8,12-13,15H,2-4,6-7,9-10,16H2,1H3. The number of thiophene rings is 1. The van der Waals surface area contributed by atoms with Gasteiger partial charge in [-0.15, -0.1) is 11.3 Å². The molecule has 100 valence electrons. The number of likely N-dealkylation sites (tertiary alicyclic amines) is 1. The lowest BCUT2D eigenvalue weighted by atomic mass is 9.93. The summed E-state index contributed by atoms with van der Waals surface area (Å²) in [4.78, 5) is 5.76. The van der Waals surface area contributed by atoms with Crippen LogP contribution in [0.15, 0.2) is 12.1 Å². The topological polar surface area (TPSA) is 29.3 Å². The highest BCUT2D eigenvalue weighted by molar-refractivity contribution is 7.12. The van der Waals surface area contributed by atoms with Crippen LogP contribution >= 0.6 is 11.3 Å². The maximum absolute atomic E-state index is 6.07. The van der Waals surface area contributed by atoms with Crippen LogP contribution in [-0.4, -0.2) is 24.0 Å². The highest BCUT2D eigenvalue weighted by Crippen LogP contribution is 2.43. The molecule has 2 atom stereocenters. The monoisotopic (exact) mass is 264 g/mol. The van der Waals surface area contributed by atoms with E-state index in [0.29, 0.717) is 12.0 Å². The Morgan fingerprint density at radius 1 is 1.28 bits per heavy atom. The van der Waals surface area contributed by atoms with Crippen molar-refractivity contribution in [3.8, 4) is 0 Å². The largest absolute Gasteiger partial charge is 0.330 e. The first kappa shape index (κ1) is 12.6. The summed E-state index contributed by atoms with van der Waals surface area (Å²) in [6, 6.07) is 6.06. The Morgan fingerprint density at radius 3 is 2.72 bits per heavy atom. The Kier molecular flexibility index (Phi) is 3.73. The molecule has 2 nitrogen and oxygen atoms in total. The SMILES string of the molecule is Cc1ccc(C2C(CN)CCCCN2C2CC2)s1. The molecule has 2 unspecified atom stereocenters. The van der Waals surface area contributed by atoms with Gasteiger partial charge in [0.15, 0.2) is 0 Å². The van der Waals surface area contributed by atoms with Gasteiger partial charge in [0, 0.05) is 21.8 Å². The number of aryl methyl sites for hydroxylation is 1. The smallest absolute Gasteiger partial charge is 0.0484 e. The summed E-state index contributed by atoms with van der Waals surface area (Å²) < 4.78 is 0. The van der Waals surface area contributed by atoms with Gasteiger partial charge in [0.25, 0.3) is 0 Å². The van der Waals surface area contributed by atoms with Crippen molar-refractivity contribution in [2.45, 2.75) is 51.1 Å². The predicted molar refractivity (Wildman–Crippen MR) is 77.9 cm³/mol. The molecule has 3 rings (SSSR count). The van der Waals surface area contributed by atoms with Gasteiger partial charge in [-0.3, -0.25) is 4.90 Å². The lowest BCUT2D eigenvalue weighted by molar-refractivity contribution is 0.152. The van der Waals surface area contributed by atoms with E-state index in [0.717, 1.165) is 12.6 Å². The van der Waals surface area contributed by atoms with Crippen molar-refractivity contribution in [3.05, 3.63) is 21.9 Å². The summed E-state index contributed by atoms with van der Waals surface area (Å²) in [6.07, 6.45) is 6.82. The van der Waals surface area contributed by atoms with Crippen LogP contribution in [-0.2, 0) is 0 Å². The average Bonchev–Trinajstić information content (AvgIpc) is 3.14. The van der Waals surface area contributed by atoms with Gasteiger partial charge >= 0.3 is 0 Å². The number of rotatable bonds is 3. The second-order valence-electron chi connectivity index (χ2n) is 5.85. The Hall–Kier alpha value is -0.380. The molecule has 1 aliphatic heterocycles. The van der Waals surface area contributed by atoms with Crippen LogP contribution in [0.2, 0.25) is 0 Å². The first-order chi connectivity index (χ1) is 8.79. The van der Waals surface area contributed by atoms with Crippen LogP contribution < -0.4 is 5.73 Å². The van der Waals surface area contributed by atoms with Crippen LogP contribution in [0.5, 0.6) is 0 Å². The number of hydrogen-bond acceptors (Lipinski definition) is 3. The number of nitrogens with zero attached hydrogens (tertiary/aromatic N) is 1. The molecule has 0 amide bonds. The highest BCUT2D eigenvalue weighted by atomic mass is 32.1. The maximum atomic E-state index is 6.07. The zero-order valence-corrected chi connectivity index (χ0v) is 12.1. The molecule has 18 heavy (non-hydrogen) atoms. The molecule has 2 N–H and O–H groups in total. The molecule has 0 spiro atoms. The van der Waals surface area contributed by atoms with E-state index in [4.69, 9.17) is 5.73 Å². The van der Waals surface area contributed by atoms with Crippen LogP contribution in [0.25, 0.3) is 0 Å². The summed E-state index contributed by atoms with van der Waals surface area (Å²) in [6.45, 7) is 4.33. The lowest BCUT2D eigenvalue weighted by Crippen LogP contribution is -2.36. The zero-order valence-electron chi connectivity index (χ0n) is 11.3. The third-order valence-corrected chi connectivity index (χ3v) is 5.49. The van der Waals surface area contributed by atoms with Crippen LogP contribution in [0.3, 0.4) is 0 Å². The van der Waals surface area contributed by atoms with Gasteiger partial charge in [-0.05, 0) is 63.7 Å². The molecule has 2 aliphatic rings. The van der Waals surface area contributed by atoms with E-state index in [1.807, 2.05) is 11.3 Å². The molecule has 2 heterocycles. The molecule has 1 saturated heterocycles. The van der Waals surface area contributed by atoms with Crippen molar-refractivity contribution in [1.82, 2.24) is 4.90 Å². The van der Waals surface area contributed by atoms with E-state index in [1.54, 1.807) is 4.88 Å². The average molecular weight is 264 g/mol. The van der Waals surface area contributed by atoms with Crippen molar-refractivity contribution in [3.63, 3.8) is 0 Å². The molecule has 1 aromatic heterocycles. The molecular weight excluding hydrogens is 240 g/mol. The number of hydrogen-bond donors (Lipinski definition) is 1. The number of nitrogens with two attached hydrogens (primary N) is 1. The van der Waals surface area contributed by atoms with E-state index in [9.17, 15) is 0 Å². The summed E-state index contributed by atoms with van der Waals surface area (Å²) in [5, 5.41) is 0. The molecule has 1 saturated carbocycles. The van der Waals surface area contributed by atoms with E-state index in [-0.39, 0.29) is 0 Å². The fourth-order valence-corrected chi connectivity index (χ4v) is 4.43. The fourth-order valence-electron chi connectivity index (χ4n) is 3.34. The molecular formula is C15H24N2S. The van der Waals surface area contributed by atoms with Crippen molar-refractivity contribution >= 4 is 11.3 Å². The van der Waals surface area contributed by atoms with Gasteiger partial charge < -0.3 is 5.73 Å². The van der Waals surface area contributed by atoms with Crippen molar-refractivity contribution in [2.24, 2.45) is 11.7 Å². The predicted octanol–water partition coefficient (Wildman–Crippen LogP) is 3.32. The Labute approximate surface area is 114 Å². The van der Waals surface area contributed by atoms with Crippen molar-refractivity contribution in [1.29, 1.82) is 0 Å². The third-order valence-electron chi connectivity index (χ3n) is 4.42. The van der Waals surface area contributed by atoms with E-state index < -0.39 is 0 Å². The minimum absolute atomic E-state index is 0.601. The lowest BCUT2D eigenvalue weighted by Gasteiger charge is -2.34. The van der Waals surface area contributed by atoms with Gasteiger partial charge in [-0.2, -0.15) is 0 Å². The second-order valence-corrected chi connectivity index (χ2v) is 7.17. The Balaban J connectivity index is 1.90. The zero-order chi connectivity index (χ0) is 12.5. The maximum Gasteiger partial charge on any atom is 0.0484 e. The van der Waals surface area contributed by atoms with Crippen molar-refractivity contribution < 1.29 is 0 Å². The summed E-state index contributed by atoms with van der Waals surface area (Å²) in [7, 11) is 0. The second kappa shape index (κ2) is 5.32. The van der Waals surface area contributed by atoms with Gasteiger partial charge in [0.1, 0.15) is 0 Å². The van der Waals surface area contributed by atoms with Crippen LogP contribution in [0, 0.1) is 12.8 Å². The molecule has 0 bridgehead atoms. The molecule has 3 heteroatoms. The van der Waals surface area contributed by atoms with E-state index in [2.05, 4.69) is 24.0 Å². The molecule has 1 aromatic rings. The van der Waals surface area contributed by atoms with Crippen molar-refractivity contribution in [2.75, 3.05) is 13.1 Å². The minimum atomic E-state index is 0.601. The highest BCUT2D eigenvalue weighted by Gasteiger charge is 2.39. The van der Waals surface area contributed by atoms with Crippen LogP contribution in [0.4, 0.5) is 0 Å². The third kappa shape index (κ3) is 2.49. The Bertz CT molecular complexity index is 397. The quantitative estimate of drug-likeness (QED) is 0.907. The van der Waals surface area contributed by atoms with Gasteiger partial charge in [-0.1, -0.05) is 6.42 Å². The normalized spacial score (nSPS) is 30.3. The molecule has 2 fully saturated rings. The molecule has 0 radical (unpaired) electrons. The van der Waals surface area contributed by atoms with Gasteiger partial charge in [0.05, 0.1) is 0 Å². The summed E-state index contributed by atoms with van der Waals surface area (Å²) >= 11 is 1.97. The molecule has 0 aromatic carbocycles. The summed E-state index contributed by atoms with van der Waals surface area (Å²) in [5.41, 5.74) is 6.07. The van der Waals surface area contributed by atoms with Gasteiger partial charge in [-0.25, -0.2) is 0 Å². The van der Waals surface area contributed by atoms with E-state index in [1.165, 1.54) is 43.5 Å². The Morgan fingerprint density at radius 2 is 2.11 bits per heavy atom. The van der Waals surface area contributed by atoms with Crippen LogP contribution in [0.1, 0.15) is 47.9 Å². The van der Waals surface area contributed by atoms with Gasteiger partial charge in [0.2, 0.25) is 0 Å².